The molecule has 0 aliphatic heterocycles. The van der Waals surface area contributed by atoms with Gasteiger partial charge in [-0.05, 0) is 103 Å². The molecule has 2 aromatic rings. The maximum atomic E-state index is 11.7. The van der Waals surface area contributed by atoms with Crippen molar-refractivity contribution in [3.63, 3.8) is 0 Å². The zero-order valence-electron chi connectivity index (χ0n) is 24.5. The highest BCUT2D eigenvalue weighted by molar-refractivity contribution is 5.48. The fourth-order valence-electron chi connectivity index (χ4n) is 5.86. The fourth-order valence-corrected chi connectivity index (χ4v) is 5.86. The van der Waals surface area contributed by atoms with E-state index in [1.165, 1.54) is 22.3 Å². The molecular formula is C32H48N2O3. The number of rotatable bonds is 11. The van der Waals surface area contributed by atoms with E-state index in [9.17, 15) is 5.11 Å². The van der Waals surface area contributed by atoms with Crippen LogP contribution in [-0.4, -0.2) is 76.0 Å². The Bertz CT molecular complexity index is 1070. The summed E-state index contributed by atoms with van der Waals surface area (Å²) < 4.78 is 11.8. The molecule has 0 bridgehead atoms. The summed E-state index contributed by atoms with van der Waals surface area (Å²) in [6.45, 7) is 8.10. The fraction of sp³-hybridized carbons (Fsp3) is 0.562. The molecular weight excluding hydrogens is 460 g/mol. The monoisotopic (exact) mass is 508 g/mol. The molecule has 0 unspecified atom stereocenters. The average Bonchev–Trinajstić information content (AvgIpc) is 2.84. The largest absolute Gasteiger partial charge is 0.496 e. The predicted molar refractivity (Wildman–Crippen MR) is 154 cm³/mol. The lowest BCUT2D eigenvalue weighted by atomic mass is 9.62. The maximum Gasteiger partial charge on any atom is 0.122 e. The number of hydrogen-bond acceptors (Lipinski definition) is 5. The third-order valence-electron chi connectivity index (χ3n) is 7.68. The van der Waals surface area contributed by atoms with E-state index in [-0.39, 0.29) is 17.8 Å². The summed E-state index contributed by atoms with van der Waals surface area (Å²) in [7, 11) is 11.9. The van der Waals surface area contributed by atoms with Crippen LogP contribution in [-0.2, 0) is 12.8 Å². The average molecular weight is 509 g/mol. The van der Waals surface area contributed by atoms with E-state index in [0.29, 0.717) is 0 Å². The molecule has 37 heavy (non-hydrogen) atoms. The van der Waals surface area contributed by atoms with E-state index in [2.05, 4.69) is 87.4 Å². The molecule has 0 aromatic heterocycles. The number of ether oxygens (including phenoxy) is 2. The molecule has 204 valence electrons. The minimum Gasteiger partial charge on any atom is -0.496 e. The van der Waals surface area contributed by atoms with Gasteiger partial charge in [0.05, 0.1) is 19.8 Å². The third kappa shape index (κ3) is 7.37. The van der Waals surface area contributed by atoms with Crippen molar-refractivity contribution in [1.82, 2.24) is 9.80 Å². The van der Waals surface area contributed by atoms with Crippen molar-refractivity contribution in [2.24, 2.45) is 5.92 Å². The summed E-state index contributed by atoms with van der Waals surface area (Å²) in [5.74, 6) is 1.85. The van der Waals surface area contributed by atoms with Crippen LogP contribution >= 0.6 is 0 Å². The first-order valence-corrected chi connectivity index (χ1v) is 13.5. The zero-order valence-corrected chi connectivity index (χ0v) is 24.5. The van der Waals surface area contributed by atoms with Crippen molar-refractivity contribution < 1.29 is 14.6 Å². The Hall–Kier alpha value is -2.34. The molecule has 0 amide bonds. The molecule has 0 heterocycles. The quantitative estimate of drug-likeness (QED) is 0.405. The number of nitrogens with zero attached hydrogens (tertiary/aromatic N) is 2. The van der Waals surface area contributed by atoms with Gasteiger partial charge in [0, 0.05) is 30.5 Å². The summed E-state index contributed by atoms with van der Waals surface area (Å²) >= 11 is 0. The van der Waals surface area contributed by atoms with Crippen molar-refractivity contribution in [1.29, 1.82) is 0 Å². The highest BCUT2D eigenvalue weighted by atomic mass is 16.5. The first kappa shape index (κ1) is 29.2. The lowest BCUT2D eigenvalue weighted by Gasteiger charge is -2.44. The van der Waals surface area contributed by atoms with Gasteiger partial charge in [0.25, 0.3) is 0 Å². The molecule has 0 saturated heterocycles. The van der Waals surface area contributed by atoms with Crippen LogP contribution in [0.25, 0.3) is 0 Å². The van der Waals surface area contributed by atoms with E-state index in [1.807, 2.05) is 13.8 Å². The highest BCUT2D eigenvalue weighted by Crippen LogP contribution is 2.53. The van der Waals surface area contributed by atoms with Crippen molar-refractivity contribution in [2.45, 2.75) is 57.5 Å². The van der Waals surface area contributed by atoms with E-state index in [1.54, 1.807) is 14.2 Å². The second kappa shape index (κ2) is 12.5. The van der Waals surface area contributed by atoms with Gasteiger partial charge in [0.1, 0.15) is 11.5 Å². The van der Waals surface area contributed by atoms with Crippen LogP contribution in [0.3, 0.4) is 0 Å². The molecule has 0 fully saturated rings. The normalized spacial score (nSPS) is 20.3. The molecule has 5 heteroatoms. The summed E-state index contributed by atoms with van der Waals surface area (Å²) in [5.41, 5.74) is 5.34. The van der Waals surface area contributed by atoms with Gasteiger partial charge in [-0.1, -0.05) is 35.9 Å². The van der Waals surface area contributed by atoms with Crippen molar-refractivity contribution in [3.8, 4) is 11.5 Å². The second-order valence-electron chi connectivity index (χ2n) is 11.8. The molecule has 0 spiro atoms. The van der Waals surface area contributed by atoms with E-state index in [0.717, 1.165) is 49.4 Å². The molecule has 1 aliphatic carbocycles. The third-order valence-corrected chi connectivity index (χ3v) is 7.68. The van der Waals surface area contributed by atoms with Crippen LogP contribution in [0.15, 0.2) is 48.0 Å². The Morgan fingerprint density at radius 3 is 1.78 bits per heavy atom. The number of likely N-dealkylation sites (N-methyl/N-ethyl adjacent to an activating group) is 2. The van der Waals surface area contributed by atoms with Gasteiger partial charge in [-0.15, -0.1) is 0 Å². The van der Waals surface area contributed by atoms with Crippen molar-refractivity contribution in [3.05, 3.63) is 70.3 Å². The highest BCUT2D eigenvalue weighted by Gasteiger charge is 2.44. The summed E-state index contributed by atoms with van der Waals surface area (Å²) in [6.07, 6.45) is 5.19. The van der Waals surface area contributed by atoms with Gasteiger partial charge >= 0.3 is 0 Å². The van der Waals surface area contributed by atoms with Gasteiger partial charge in [-0.3, -0.25) is 0 Å². The van der Waals surface area contributed by atoms with Crippen molar-refractivity contribution >= 4 is 0 Å². The zero-order chi connectivity index (χ0) is 27.3. The second-order valence-corrected chi connectivity index (χ2v) is 11.8. The Balaban J connectivity index is 2.13. The molecule has 3 atom stereocenters. The first-order valence-electron chi connectivity index (χ1n) is 13.5. The standard InChI is InChI=1S/C32H48N2O3/c1-22-18-27(25-20-23(14-16-33(4)5)10-12-29(25)36-8)31(32(2,3)35)28(19-22)26-21-24(15-17-34(6)7)11-13-30(26)37-9/h10-13,18,20-21,27-28,31,35H,14-17,19H2,1-9H3/t27-,28-,31+/m0/s1. The van der Waals surface area contributed by atoms with E-state index in [4.69, 9.17) is 9.47 Å². The molecule has 0 radical (unpaired) electrons. The minimum absolute atomic E-state index is 0.0168. The molecule has 1 aliphatic rings. The lowest BCUT2D eigenvalue weighted by Crippen LogP contribution is -2.41. The smallest absolute Gasteiger partial charge is 0.122 e. The van der Waals surface area contributed by atoms with Crippen LogP contribution < -0.4 is 9.47 Å². The number of hydrogen-bond donors (Lipinski definition) is 1. The number of allylic oxidation sites excluding steroid dienone is 2. The number of methoxy groups -OCH3 is 2. The predicted octanol–water partition coefficient (Wildman–Crippen LogP) is 5.52. The molecule has 1 N–H and O–H groups in total. The van der Waals surface area contributed by atoms with Crippen LogP contribution in [0.5, 0.6) is 11.5 Å². The van der Waals surface area contributed by atoms with Crippen LogP contribution in [0.4, 0.5) is 0 Å². The number of aliphatic hydroxyl groups is 1. The Morgan fingerprint density at radius 1 is 0.838 bits per heavy atom. The topological polar surface area (TPSA) is 45.2 Å². The van der Waals surface area contributed by atoms with Gasteiger partial charge in [0.15, 0.2) is 0 Å². The summed E-state index contributed by atoms with van der Waals surface area (Å²) in [4.78, 5) is 4.42. The van der Waals surface area contributed by atoms with Crippen LogP contribution in [0, 0.1) is 5.92 Å². The van der Waals surface area contributed by atoms with Gasteiger partial charge in [0.2, 0.25) is 0 Å². The Labute approximate surface area is 225 Å². The first-order chi connectivity index (χ1) is 17.4. The molecule has 0 saturated carbocycles. The number of benzene rings is 2. The summed E-state index contributed by atoms with van der Waals surface area (Å²) in [5, 5.41) is 11.7. The SMILES string of the molecule is COc1ccc(CCN(C)C)cc1[C@@H]1C=C(C)C[C@@H](c2cc(CCN(C)C)ccc2OC)[C@@H]1C(C)(C)O. The van der Waals surface area contributed by atoms with Crippen LogP contribution in [0.1, 0.15) is 61.3 Å². The molecule has 5 nitrogen and oxygen atoms in total. The maximum absolute atomic E-state index is 11.7. The van der Waals surface area contributed by atoms with Crippen LogP contribution in [0.2, 0.25) is 0 Å². The van der Waals surface area contributed by atoms with Gasteiger partial charge < -0.3 is 24.4 Å². The van der Waals surface area contributed by atoms with Gasteiger partial charge in [-0.25, -0.2) is 0 Å². The van der Waals surface area contributed by atoms with Gasteiger partial charge in [-0.2, -0.15) is 0 Å². The minimum atomic E-state index is -0.915. The van der Waals surface area contributed by atoms with E-state index >= 15 is 0 Å². The lowest BCUT2D eigenvalue weighted by molar-refractivity contribution is -0.00557. The molecule has 2 aromatic carbocycles. The Kier molecular flexibility index (Phi) is 9.85. The van der Waals surface area contributed by atoms with Crippen molar-refractivity contribution in [2.75, 3.05) is 55.5 Å². The molecule has 3 rings (SSSR count). The van der Waals surface area contributed by atoms with E-state index < -0.39 is 5.60 Å². The Morgan fingerprint density at radius 2 is 1.32 bits per heavy atom. The summed E-state index contributed by atoms with van der Waals surface area (Å²) in [6, 6.07) is 13.1.